The Labute approximate surface area is 220 Å². The lowest BCUT2D eigenvalue weighted by Crippen LogP contribution is -2.62. The molecule has 0 saturated heterocycles. The van der Waals surface area contributed by atoms with Crippen molar-refractivity contribution >= 4 is 15.8 Å². The summed E-state index contributed by atoms with van der Waals surface area (Å²) in [6.45, 7) is 10.1. The fourth-order valence-electron chi connectivity index (χ4n) is 9.86. The van der Waals surface area contributed by atoms with Gasteiger partial charge in [-0.15, -0.1) is 0 Å². The molecular weight excluding hydrogens is 472 g/mol. The van der Waals surface area contributed by atoms with Crippen LogP contribution in [0.1, 0.15) is 98.3 Å². The molecule has 3 N–H and O–H groups in total. The number of aliphatic hydroxyl groups excluding tert-OH is 1. The highest BCUT2D eigenvalue weighted by Crippen LogP contribution is 2.68. The second-order valence-corrected chi connectivity index (χ2v) is 15.3. The summed E-state index contributed by atoms with van der Waals surface area (Å²) < 4.78 is 28.3. The van der Waals surface area contributed by atoms with Crippen LogP contribution in [0.3, 0.4) is 0 Å². The van der Waals surface area contributed by atoms with Gasteiger partial charge in [0.1, 0.15) is 5.78 Å². The lowest BCUT2D eigenvalue weighted by molar-refractivity contribution is -0.129. The van der Waals surface area contributed by atoms with Crippen molar-refractivity contribution in [1.82, 2.24) is 10.0 Å². The zero-order chi connectivity index (χ0) is 26.3. The molecule has 4 aliphatic carbocycles. The standard InChI is InChI=1S/C29H52N2O4S/c1-6-22(33)8-7-19(2)23-9-10-24-27-25(12-14-29(23,24)4)28(3)13-11-21(30-15-16-32)17-20(28)18-26(27)31-36(5,34)35/h19-21,23-27,30-32H,6-18H2,1-5H3/t19-,20+,21?,23-,24?,25?,26?,27?,28+,29-/m1/s1. The van der Waals surface area contributed by atoms with Crippen LogP contribution in [0, 0.1) is 46.3 Å². The molecular formula is C29H52N2O4S. The predicted molar refractivity (Wildman–Crippen MR) is 145 cm³/mol. The predicted octanol–water partition coefficient (Wildman–Crippen LogP) is 4.52. The summed E-state index contributed by atoms with van der Waals surface area (Å²) in [5.74, 6) is 3.54. The van der Waals surface area contributed by atoms with E-state index in [0.717, 1.165) is 25.7 Å². The minimum atomic E-state index is -3.30. The van der Waals surface area contributed by atoms with Crippen molar-refractivity contribution in [2.75, 3.05) is 19.4 Å². The van der Waals surface area contributed by atoms with Crippen LogP contribution in [0.4, 0.5) is 0 Å². The minimum Gasteiger partial charge on any atom is -0.395 e. The molecule has 0 aromatic heterocycles. The molecule has 0 aliphatic heterocycles. The van der Waals surface area contributed by atoms with Crippen LogP contribution in [-0.2, 0) is 14.8 Å². The Bertz CT molecular complexity index is 894. The molecule has 0 amide bonds. The van der Waals surface area contributed by atoms with E-state index in [1.54, 1.807) is 0 Å². The van der Waals surface area contributed by atoms with Gasteiger partial charge >= 0.3 is 0 Å². The number of rotatable bonds is 10. The molecule has 0 radical (unpaired) electrons. The van der Waals surface area contributed by atoms with Crippen LogP contribution in [0.5, 0.6) is 0 Å². The molecule has 4 saturated carbocycles. The fraction of sp³-hybridized carbons (Fsp3) is 0.966. The van der Waals surface area contributed by atoms with E-state index < -0.39 is 10.0 Å². The van der Waals surface area contributed by atoms with E-state index in [1.165, 1.54) is 38.4 Å². The number of hydrogen-bond donors (Lipinski definition) is 3. The summed E-state index contributed by atoms with van der Waals surface area (Å²) in [5.41, 5.74) is 0.493. The summed E-state index contributed by atoms with van der Waals surface area (Å²) >= 11 is 0. The highest BCUT2D eigenvalue weighted by Gasteiger charge is 2.63. The van der Waals surface area contributed by atoms with Crippen molar-refractivity contribution in [3.63, 3.8) is 0 Å². The molecule has 208 valence electrons. The van der Waals surface area contributed by atoms with Crippen LogP contribution in [0.2, 0.25) is 0 Å². The maximum absolute atomic E-state index is 12.6. The molecule has 0 bridgehead atoms. The van der Waals surface area contributed by atoms with Gasteiger partial charge in [0.25, 0.3) is 0 Å². The van der Waals surface area contributed by atoms with Gasteiger partial charge in [0.05, 0.1) is 12.9 Å². The molecule has 0 spiro atoms. The number of carbonyl (C=O) groups is 1. The summed E-state index contributed by atoms with van der Waals surface area (Å²) in [4.78, 5) is 12.0. The largest absolute Gasteiger partial charge is 0.395 e. The normalized spacial score (nSPS) is 43.3. The molecule has 0 aromatic carbocycles. The number of nitrogens with one attached hydrogen (secondary N) is 2. The lowest BCUT2D eigenvalue weighted by Gasteiger charge is -2.63. The summed E-state index contributed by atoms with van der Waals surface area (Å²) in [6, 6.07) is 0.432. The van der Waals surface area contributed by atoms with Gasteiger partial charge < -0.3 is 10.4 Å². The molecule has 4 aliphatic rings. The molecule has 0 aromatic rings. The zero-order valence-electron chi connectivity index (χ0n) is 23.4. The fourth-order valence-corrected chi connectivity index (χ4v) is 10.7. The summed E-state index contributed by atoms with van der Waals surface area (Å²) in [6.07, 6.45) is 12.8. The van der Waals surface area contributed by atoms with E-state index in [9.17, 15) is 18.3 Å². The molecule has 0 heterocycles. The van der Waals surface area contributed by atoms with Crippen molar-refractivity contribution in [3.8, 4) is 0 Å². The van der Waals surface area contributed by atoms with Crippen molar-refractivity contribution < 1.29 is 18.3 Å². The Hall–Kier alpha value is -0.500. The van der Waals surface area contributed by atoms with E-state index in [4.69, 9.17) is 0 Å². The smallest absolute Gasteiger partial charge is 0.208 e. The average molecular weight is 525 g/mol. The third kappa shape index (κ3) is 5.46. The first-order chi connectivity index (χ1) is 16.9. The van der Waals surface area contributed by atoms with Crippen molar-refractivity contribution in [2.45, 2.75) is 110 Å². The molecule has 5 unspecified atom stereocenters. The number of fused-ring (bicyclic) bond motifs is 5. The van der Waals surface area contributed by atoms with Crippen molar-refractivity contribution in [1.29, 1.82) is 0 Å². The lowest BCUT2D eigenvalue weighted by atomic mass is 9.43. The van der Waals surface area contributed by atoms with E-state index in [-0.39, 0.29) is 23.5 Å². The SMILES string of the molecule is CCC(=O)CC[C@@H](C)[C@H]1CCC2C3C(NS(C)(=O)=O)C[C@@H]4CC(NCCO)CC[C@]4(C)C3CC[C@@]21C. The Kier molecular flexibility index (Phi) is 8.66. The van der Waals surface area contributed by atoms with Crippen LogP contribution in [0.25, 0.3) is 0 Å². The van der Waals surface area contributed by atoms with Crippen molar-refractivity contribution in [3.05, 3.63) is 0 Å². The first-order valence-electron chi connectivity index (χ1n) is 14.8. The Morgan fingerprint density at radius 1 is 1.06 bits per heavy atom. The number of aliphatic hydroxyl groups is 1. The van der Waals surface area contributed by atoms with Gasteiger partial charge in [-0.1, -0.05) is 27.7 Å². The highest BCUT2D eigenvalue weighted by molar-refractivity contribution is 7.88. The van der Waals surface area contributed by atoms with Crippen LogP contribution in [0.15, 0.2) is 0 Å². The zero-order valence-corrected chi connectivity index (χ0v) is 24.2. The van der Waals surface area contributed by atoms with Gasteiger partial charge in [-0.3, -0.25) is 4.79 Å². The van der Waals surface area contributed by atoms with E-state index in [2.05, 4.69) is 30.8 Å². The Balaban J connectivity index is 1.59. The van der Waals surface area contributed by atoms with Gasteiger partial charge in [-0.05, 0) is 104 Å². The van der Waals surface area contributed by atoms with Crippen LogP contribution < -0.4 is 10.0 Å². The second kappa shape index (κ2) is 10.9. The van der Waals surface area contributed by atoms with E-state index >= 15 is 0 Å². The first-order valence-corrected chi connectivity index (χ1v) is 16.6. The molecule has 4 fully saturated rings. The maximum atomic E-state index is 12.6. The maximum Gasteiger partial charge on any atom is 0.208 e. The number of ketones is 1. The van der Waals surface area contributed by atoms with Crippen molar-refractivity contribution in [2.24, 2.45) is 46.3 Å². The number of carbonyl (C=O) groups excluding carboxylic acids is 1. The summed E-state index contributed by atoms with van der Waals surface area (Å²) in [5, 5.41) is 12.8. The van der Waals surface area contributed by atoms with E-state index in [0.29, 0.717) is 66.7 Å². The van der Waals surface area contributed by atoms with Gasteiger partial charge in [0.2, 0.25) is 10.0 Å². The van der Waals surface area contributed by atoms with Gasteiger partial charge in [-0.25, -0.2) is 13.1 Å². The first kappa shape index (κ1) is 28.5. The number of sulfonamides is 1. The molecule has 4 rings (SSSR count). The second-order valence-electron chi connectivity index (χ2n) is 13.5. The van der Waals surface area contributed by atoms with Gasteiger partial charge in [-0.2, -0.15) is 0 Å². The monoisotopic (exact) mass is 524 g/mol. The van der Waals surface area contributed by atoms with E-state index in [1.807, 2.05) is 6.92 Å². The Morgan fingerprint density at radius 2 is 1.75 bits per heavy atom. The molecule has 7 heteroatoms. The van der Waals surface area contributed by atoms with Gasteiger partial charge in [0.15, 0.2) is 0 Å². The third-order valence-corrected chi connectivity index (χ3v) is 12.4. The van der Waals surface area contributed by atoms with Gasteiger partial charge in [0, 0.05) is 31.5 Å². The molecule has 36 heavy (non-hydrogen) atoms. The highest BCUT2D eigenvalue weighted by atomic mass is 32.2. The number of Topliss-reactive ketones (excluding diaryl/α,β-unsaturated/α-hetero) is 1. The number of hydrogen-bond acceptors (Lipinski definition) is 5. The third-order valence-electron chi connectivity index (χ3n) is 11.7. The quantitative estimate of drug-likeness (QED) is 0.391. The van der Waals surface area contributed by atoms with Crippen LogP contribution in [-0.4, -0.2) is 50.8 Å². The summed E-state index contributed by atoms with van der Waals surface area (Å²) in [7, 11) is -3.30. The molecule has 10 atom stereocenters. The molecule has 6 nitrogen and oxygen atoms in total. The topological polar surface area (TPSA) is 95.5 Å². The minimum absolute atomic E-state index is 0.0139. The Morgan fingerprint density at radius 3 is 2.42 bits per heavy atom. The van der Waals surface area contributed by atoms with Crippen LogP contribution >= 0.6 is 0 Å². The average Bonchev–Trinajstić information content (AvgIpc) is 3.17.